The molecule has 25 heavy (non-hydrogen) atoms. The fourth-order valence-corrected chi connectivity index (χ4v) is 3.49. The summed E-state index contributed by atoms with van der Waals surface area (Å²) in [4.78, 5) is 26.2. The van der Waals surface area contributed by atoms with Crippen LogP contribution in [-0.2, 0) is 14.3 Å². The van der Waals surface area contributed by atoms with Crippen molar-refractivity contribution in [2.24, 2.45) is 11.8 Å². The van der Waals surface area contributed by atoms with Gasteiger partial charge >= 0.3 is 5.97 Å². The lowest BCUT2D eigenvalue weighted by Crippen LogP contribution is -2.41. The van der Waals surface area contributed by atoms with E-state index < -0.39 is 0 Å². The molecule has 1 aromatic rings. The third-order valence-electron chi connectivity index (χ3n) is 5.20. The third-order valence-corrected chi connectivity index (χ3v) is 5.20. The summed E-state index contributed by atoms with van der Waals surface area (Å²) in [5, 5.41) is 7.34. The van der Waals surface area contributed by atoms with E-state index in [0.29, 0.717) is 25.1 Å². The molecule has 0 aromatic carbocycles. The van der Waals surface area contributed by atoms with Gasteiger partial charge in [-0.1, -0.05) is 0 Å². The molecule has 1 aliphatic carbocycles. The second-order valence-corrected chi connectivity index (χ2v) is 7.09. The minimum Gasteiger partial charge on any atom is -0.466 e. The zero-order valence-electron chi connectivity index (χ0n) is 15.1. The highest BCUT2D eigenvalue weighted by Crippen LogP contribution is 2.40. The summed E-state index contributed by atoms with van der Waals surface area (Å²) in [6.07, 6.45) is 5.72. The topological polar surface area (TPSA) is 76.5 Å². The Labute approximate surface area is 148 Å². The number of ether oxygens (including phenoxy) is 1. The molecule has 1 aliphatic heterocycles. The fraction of sp³-hybridized carbons (Fsp3) is 0.722. The van der Waals surface area contributed by atoms with Gasteiger partial charge in [-0.2, -0.15) is 5.10 Å². The summed E-state index contributed by atoms with van der Waals surface area (Å²) in [7, 11) is 0. The summed E-state index contributed by atoms with van der Waals surface area (Å²) >= 11 is 0. The number of amides is 1. The van der Waals surface area contributed by atoms with E-state index in [-0.39, 0.29) is 17.8 Å². The van der Waals surface area contributed by atoms with Crippen molar-refractivity contribution < 1.29 is 14.3 Å². The van der Waals surface area contributed by atoms with E-state index in [1.54, 1.807) is 6.20 Å². The zero-order chi connectivity index (χ0) is 17.8. The van der Waals surface area contributed by atoms with Gasteiger partial charge in [0.2, 0.25) is 5.91 Å². The second-order valence-electron chi connectivity index (χ2n) is 7.09. The van der Waals surface area contributed by atoms with E-state index in [1.165, 1.54) is 12.8 Å². The van der Waals surface area contributed by atoms with Crippen LogP contribution in [0.25, 0.3) is 0 Å². The Morgan fingerprint density at radius 1 is 1.32 bits per heavy atom. The van der Waals surface area contributed by atoms with Gasteiger partial charge in [0.1, 0.15) is 5.82 Å². The smallest absolute Gasteiger partial charge is 0.309 e. The van der Waals surface area contributed by atoms with Gasteiger partial charge in [0.05, 0.1) is 31.3 Å². The maximum absolute atomic E-state index is 12.4. The largest absolute Gasteiger partial charge is 0.466 e. The third kappa shape index (κ3) is 4.60. The Hall–Kier alpha value is -1.89. The monoisotopic (exact) mass is 348 g/mol. The first-order valence-electron chi connectivity index (χ1n) is 9.30. The molecule has 1 atom stereocenters. The highest BCUT2D eigenvalue weighted by atomic mass is 16.5. The summed E-state index contributed by atoms with van der Waals surface area (Å²) in [5.41, 5.74) is 0. The Kier molecular flexibility index (Phi) is 5.73. The predicted molar refractivity (Wildman–Crippen MR) is 94.1 cm³/mol. The molecular weight excluding hydrogens is 320 g/mol. The van der Waals surface area contributed by atoms with Gasteiger partial charge in [-0.05, 0) is 58.5 Å². The lowest BCUT2D eigenvalue weighted by atomic mass is 9.97. The fourth-order valence-electron chi connectivity index (χ4n) is 3.49. The number of nitrogens with one attached hydrogen (secondary N) is 1. The van der Waals surface area contributed by atoms with Gasteiger partial charge in [0.25, 0.3) is 0 Å². The Balaban J connectivity index is 1.46. The van der Waals surface area contributed by atoms with Crippen molar-refractivity contribution in [3.63, 3.8) is 0 Å². The van der Waals surface area contributed by atoms with E-state index in [2.05, 4.69) is 22.2 Å². The number of hydrogen-bond acceptors (Lipinski definition) is 5. The van der Waals surface area contributed by atoms with Crippen LogP contribution >= 0.6 is 0 Å². The van der Waals surface area contributed by atoms with Gasteiger partial charge in [-0.15, -0.1) is 0 Å². The van der Waals surface area contributed by atoms with Gasteiger partial charge < -0.3 is 10.1 Å². The molecule has 7 heteroatoms. The van der Waals surface area contributed by atoms with Crippen LogP contribution in [0.5, 0.6) is 0 Å². The molecule has 2 heterocycles. The van der Waals surface area contributed by atoms with E-state index in [1.807, 2.05) is 17.7 Å². The lowest BCUT2D eigenvalue weighted by molar-refractivity contribution is -0.149. The van der Waals surface area contributed by atoms with Crippen LogP contribution in [-0.4, -0.2) is 52.8 Å². The molecule has 1 saturated carbocycles. The van der Waals surface area contributed by atoms with Crippen LogP contribution in [0.4, 0.5) is 5.82 Å². The van der Waals surface area contributed by atoms with E-state index in [0.717, 1.165) is 31.7 Å². The average Bonchev–Trinajstić information content (AvgIpc) is 3.35. The summed E-state index contributed by atoms with van der Waals surface area (Å²) < 4.78 is 7.00. The molecule has 2 fully saturated rings. The number of aromatic nitrogens is 2. The minimum absolute atomic E-state index is 0.0277. The van der Waals surface area contributed by atoms with Crippen molar-refractivity contribution in [2.45, 2.75) is 45.6 Å². The number of piperidine rings is 1. The molecule has 0 radical (unpaired) electrons. The number of likely N-dealkylation sites (tertiary alicyclic amines) is 1. The first kappa shape index (κ1) is 17.9. The van der Waals surface area contributed by atoms with E-state index in [4.69, 9.17) is 4.74 Å². The molecule has 1 amide bonds. The molecule has 1 saturated heterocycles. The SMILES string of the molecule is CCOC(=O)C1CCN(CC(=O)Nc2ccnn2C(C)C2CC2)CC1. The number of nitrogens with zero attached hydrogens (tertiary/aromatic N) is 3. The van der Waals surface area contributed by atoms with Crippen LogP contribution in [0.15, 0.2) is 12.3 Å². The lowest BCUT2D eigenvalue weighted by Gasteiger charge is -2.30. The van der Waals surface area contributed by atoms with Gasteiger partial charge in [0.15, 0.2) is 0 Å². The Bertz CT molecular complexity index is 603. The van der Waals surface area contributed by atoms with Crippen LogP contribution in [0.2, 0.25) is 0 Å². The molecule has 7 nitrogen and oxygen atoms in total. The number of anilines is 1. The molecule has 0 spiro atoms. The molecule has 2 aliphatic rings. The highest BCUT2D eigenvalue weighted by molar-refractivity contribution is 5.91. The molecule has 0 bridgehead atoms. The first-order valence-corrected chi connectivity index (χ1v) is 9.30. The predicted octanol–water partition coefficient (Wildman–Crippen LogP) is 2.07. The number of rotatable bonds is 7. The minimum atomic E-state index is -0.107. The standard InChI is InChI=1S/C18H28N4O3/c1-3-25-18(24)15-7-10-21(11-8-15)12-17(23)20-16-6-9-19-22(16)13(2)14-4-5-14/h6,9,13-15H,3-5,7-8,10-12H2,1-2H3,(H,20,23). The normalized spacial score (nSPS) is 20.2. The van der Waals surface area contributed by atoms with Crippen LogP contribution in [0.3, 0.4) is 0 Å². The highest BCUT2D eigenvalue weighted by Gasteiger charge is 2.31. The number of carbonyl (C=O) groups excluding carboxylic acids is 2. The van der Waals surface area contributed by atoms with Crippen molar-refractivity contribution in [3.05, 3.63) is 12.3 Å². The van der Waals surface area contributed by atoms with Gasteiger partial charge in [0, 0.05) is 6.07 Å². The van der Waals surface area contributed by atoms with E-state index >= 15 is 0 Å². The van der Waals surface area contributed by atoms with Crippen molar-refractivity contribution in [1.29, 1.82) is 0 Å². The number of esters is 1. The van der Waals surface area contributed by atoms with Gasteiger partial charge in [-0.25, -0.2) is 4.68 Å². The summed E-state index contributed by atoms with van der Waals surface area (Å²) in [6, 6.07) is 2.18. The van der Waals surface area contributed by atoms with Crippen LogP contribution in [0, 0.1) is 11.8 Å². The molecule has 3 rings (SSSR count). The second kappa shape index (κ2) is 7.99. The van der Waals surface area contributed by atoms with Crippen molar-refractivity contribution in [2.75, 3.05) is 31.6 Å². The van der Waals surface area contributed by atoms with Crippen molar-refractivity contribution >= 4 is 17.7 Å². The Morgan fingerprint density at radius 2 is 2.04 bits per heavy atom. The van der Waals surface area contributed by atoms with E-state index in [9.17, 15) is 9.59 Å². The summed E-state index contributed by atoms with van der Waals surface area (Å²) in [6.45, 7) is 6.24. The van der Waals surface area contributed by atoms with Crippen molar-refractivity contribution in [3.8, 4) is 0 Å². The maximum atomic E-state index is 12.4. The molecule has 1 aromatic heterocycles. The quantitative estimate of drug-likeness (QED) is 0.764. The Morgan fingerprint density at radius 3 is 2.68 bits per heavy atom. The summed E-state index contributed by atoms with van der Waals surface area (Å²) in [5.74, 6) is 1.28. The zero-order valence-corrected chi connectivity index (χ0v) is 15.1. The van der Waals surface area contributed by atoms with Crippen molar-refractivity contribution in [1.82, 2.24) is 14.7 Å². The number of hydrogen-bond donors (Lipinski definition) is 1. The molecule has 1 N–H and O–H groups in total. The molecular formula is C18H28N4O3. The van der Waals surface area contributed by atoms with Crippen LogP contribution < -0.4 is 5.32 Å². The first-order chi connectivity index (χ1) is 12.1. The molecule has 1 unspecified atom stereocenters. The average molecular weight is 348 g/mol. The maximum Gasteiger partial charge on any atom is 0.309 e. The van der Waals surface area contributed by atoms with Gasteiger partial charge in [-0.3, -0.25) is 14.5 Å². The van der Waals surface area contributed by atoms with Crippen LogP contribution in [0.1, 0.15) is 45.6 Å². The number of carbonyl (C=O) groups is 2. The molecule has 138 valence electrons.